The molecule has 1 aromatic heterocycles. The molecule has 0 radical (unpaired) electrons. The number of hydrogen-bond donors (Lipinski definition) is 0. The molecular formula is C19H27FN2O4. The van der Waals surface area contributed by atoms with Crippen LogP contribution in [0, 0.1) is 11.2 Å². The van der Waals surface area contributed by atoms with Gasteiger partial charge in [0.15, 0.2) is 0 Å². The molecular weight excluding hydrogens is 339 g/mol. The Morgan fingerprint density at radius 2 is 1.92 bits per heavy atom. The molecule has 1 amide bonds. The van der Waals surface area contributed by atoms with E-state index in [0.29, 0.717) is 37.9 Å². The van der Waals surface area contributed by atoms with Gasteiger partial charge in [0.25, 0.3) is 0 Å². The number of esters is 1. The molecule has 6 nitrogen and oxygen atoms in total. The molecule has 7 heteroatoms. The van der Waals surface area contributed by atoms with Crippen LogP contribution in [-0.4, -0.2) is 47.2 Å². The number of rotatable bonds is 4. The van der Waals surface area contributed by atoms with Crippen molar-refractivity contribution in [3.05, 3.63) is 29.8 Å². The van der Waals surface area contributed by atoms with Gasteiger partial charge >= 0.3 is 12.1 Å². The highest BCUT2D eigenvalue weighted by Gasteiger charge is 2.44. The van der Waals surface area contributed by atoms with Crippen LogP contribution in [0.25, 0.3) is 0 Å². The molecule has 0 N–H and O–H groups in total. The number of carbonyl (C=O) groups excluding carboxylic acids is 2. The molecule has 0 unspecified atom stereocenters. The van der Waals surface area contributed by atoms with E-state index in [9.17, 15) is 14.0 Å². The second-order valence-electron chi connectivity index (χ2n) is 7.66. The third kappa shape index (κ3) is 5.16. The van der Waals surface area contributed by atoms with Crippen molar-refractivity contribution in [1.29, 1.82) is 0 Å². The first kappa shape index (κ1) is 20.1. The van der Waals surface area contributed by atoms with Crippen molar-refractivity contribution < 1.29 is 23.5 Å². The Bertz CT molecular complexity index is 649. The van der Waals surface area contributed by atoms with Crippen LogP contribution in [0.5, 0.6) is 0 Å². The third-order valence-electron chi connectivity index (χ3n) is 4.38. The molecule has 0 aliphatic carbocycles. The summed E-state index contributed by atoms with van der Waals surface area (Å²) in [5, 5.41) is 0. The number of aromatic nitrogens is 1. The summed E-state index contributed by atoms with van der Waals surface area (Å²) in [5.41, 5.74) is -0.715. The zero-order valence-electron chi connectivity index (χ0n) is 15.9. The minimum atomic E-state index is -0.788. The molecule has 1 aromatic rings. The molecule has 0 atom stereocenters. The van der Waals surface area contributed by atoms with E-state index >= 15 is 0 Å². The maximum atomic E-state index is 13.5. The minimum Gasteiger partial charge on any atom is -0.466 e. The van der Waals surface area contributed by atoms with Gasteiger partial charge in [0, 0.05) is 19.3 Å². The predicted octanol–water partition coefficient (Wildman–Crippen LogP) is 3.34. The lowest BCUT2D eigenvalue weighted by Gasteiger charge is -2.40. The van der Waals surface area contributed by atoms with E-state index in [1.807, 2.05) is 20.8 Å². The number of likely N-dealkylation sites (tertiary alicyclic amines) is 1. The Morgan fingerprint density at radius 3 is 2.46 bits per heavy atom. The van der Waals surface area contributed by atoms with Gasteiger partial charge in [-0.05, 0) is 58.6 Å². The number of nitrogens with zero attached hydrogens (tertiary/aromatic N) is 2. The molecule has 0 saturated carbocycles. The average Bonchev–Trinajstić information content (AvgIpc) is 2.54. The number of pyridine rings is 1. The fraction of sp³-hybridized carbons (Fsp3) is 0.632. The summed E-state index contributed by atoms with van der Waals surface area (Å²) in [6.07, 6.45) is 3.50. The lowest BCUT2D eigenvalue weighted by molar-refractivity contribution is -0.158. The number of piperidine rings is 1. The highest BCUT2D eigenvalue weighted by atomic mass is 19.1. The average molecular weight is 366 g/mol. The SMILES string of the molecule is CCOC(=O)C1(Cc2cncc(F)c2)CCN(C(=O)OC(C)(C)C)CC1. The maximum Gasteiger partial charge on any atom is 0.410 e. The largest absolute Gasteiger partial charge is 0.466 e. The van der Waals surface area contributed by atoms with Crippen molar-refractivity contribution in [2.45, 2.75) is 52.6 Å². The molecule has 2 heterocycles. The summed E-state index contributed by atoms with van der Waals surface area (Å²) in [6.45, 7) is 8.24. The van der Waals surface area contributed by atoms with Crippen molar-refractivity contribution >= 4 is 12.1 Å². The third-order valence-corrected chi connectivity index (χ3v) is 4.38. The van der Waals surface area contributed by atoms with E-state index in [1.54, 1.807) is 18.0 Å². The van der Waals surface area contributed by atoms with Crippen LogP contribution in [0.15, 0.2) is 18.5 Å². The van der Waals surface area contributed by atoms with E-state index < -0.39 is 16.8 Å². The second-order valence-corrected chi connectivity index (χ2v) is 7.66. The summed E-state index contributed by atoms with van der Waals surface area (Å²) in [4.78, 5) is 30.4. The number of ether oxygens (including phenoxy) is 2. The van der Waals surface area contributed by atoms with Gasteiger partial charge in [-0.25, -0.2) is 9.18 Å². The van der Waals surface area contributed by atoms with Crippen LogP contribution < -0.4 is 0 Å². The van der Waals surface area contributed by atoms with Crippen LogP contribution in [0.2, 0.25) is 0 Å². The minimum absolute atomic E-state index is 0.276. The first-order chi connectivity index (χ1) is 12.1. The fourth-order valence-corrected chi connectivity index (χ4v) is 3.12. The van der Waals surface area contributed by atoms with E-state index in [4.69, 9.17) is 9.47 Å². The van der Waals surface area contributed by atoms with E-state index in [0.717, 1.165) is 6.20 Å². The van der Waals surface area contributed by atoms with Gasteiger partial charge in [-0.2, -0.15) is 0 Å². The van der Waals surface area contributed by atoms with Crippen LogP contribution in [0.3, 0.4) is 0 Å². The summed E-state index contributed by atoms with van der Waals surface area (Å²) >= 11 is 0. The number of hydrogen-bond acceptors (Lipinski definition) is 5. The lowest BCUT2D eigenvalue weighted by atomic mass is 9.74. The Balaban J connectivity index is 2.13. The number of halogens is 1. The molecule has 1 aliphatic rings. The highest BCUT2D eigenvalue weighted by Crippen LogP contribution is 2.37. The smallest absolute Gasteiger partial charge is 0.410 e. The van der Waals surface area contributed by atoms with Gasteiger partial charge in [-0.15, -0.1) is 0 Å². The standard InChI is InChI=1S/C19H27FN2O4/c1-5-25-16(23)19(11-14-10-15(20)13-21-12-14)6-8-22(9-7-19)17(24)26-18(2,3)4/h10,12-13H,5-9,11H2,1-4H3. The van der Waals surface area contributed by atoms with Crippen molar-refractivity contribution in [1.82, 2.24) is 9.88 Å². The Morgan fingerprint density at radius 1 is 1.27 bits per heavy atom. The summed E-state index contributed by atoms with van der Waals surface area (Å²) in [7, 11) is 0. The Kier molecular flexibility index (Phi) is 6.21. The number of carbonyl (C=O) groups is 2. The lowest BCUT2D eigenvalue weighted by Crippen LogP contribution is -2.49. The highest BCUT2D eigenvalue weighted by molar-refractivity contribution is 5.78. The van der Waals surface area contributed by atoms with Gasteiger partial charge in [0.05, 0.1) is 18.2 Å². The first-order valence-electron chi connectivity index (χ1n) is 8.90. The molecule has 2 rings (SSSR count). The quantitative estimate of drug-likeness (QED) is 0.765. The normalized spacial score (nSPS) is 16.9. The fourth-order valence-electron chi connectivity index (χ4n) is 3.12. The topological polar surface area (TPSA) is 68.7 Å². The van der Waals surface area contributed by atoms with Gasteiger partial charge in [0.1, 0.15) is 11.4 Å². The van der Waals surface area contributed by atoms with E-state index in [1.165, 1.54) is 6.07 Å². The van der Waals surface area contributed by atoms with Crippen LogP contribution in [0.1, 0.15) is 46.1 Å². The molecule has 1 aliphatic heterocycles. The van der Waals surface area contributed by atoms with Gasteiger partial charge in [-0.1, -0.05) is 0 Å². The molecule has 26 heavy (non-hydrogen) atoms. The zero-order chi connectivity index (χ0) is 19.4. The van der Waals surface area contributed by atoms with E-state index in [-0.39, 0.29) is 18.7 Å². The second kappa shape index (κ2) is 8.01. The molecule has 144 valence electrons. The molecule has 1 fully saturated rings. The molecule has 0 aromatic carbocycles. The summed E-state index contributed by atoms with van der Waals surface area (Å²) in [6, 6.07) is 1.38. The maximum absolute atomic E-state index is 13.5. The molecule has 1 saturated heterocycles. The van der Waals surface area contributed by atoms with Crippen LogP contribution >= 0.6 is 0 Å². The first-order valence-corrected chi connectivity index (χ1v) is 8.90. The van der Waals surface area contributed by atoms with E-state index in [2.05, 4.69) is 4.98 Å². The van der Waals surface area contributed by atoms with Crippen molar-refractivity contribution in [2.24, 2.45) is 5.41 Å². The van der Waals surface area contributed by atoms with Crippen molar-refractivity contribution in [2.75, 3.05) is 19.7 Å². The Labute approximate surface area is 153 Å². The van der Waals surface area contributed by atoms with Gasteiger partial charge in [-0.3, -0.25) is 9.78 Å². The van der Waals surface area contributed by atoms with Crippen molar-refractivity contribution in [3.8, 4) is 0 Å². The summed E-state index contributed by atoms with van der Waals surface area (Å²) < 4.78 is 24.1. The monoisotopic (exact) mass is 366 g/mol. The van der Waals surface area contributed by atoms with Gasteiger partial charge in [0.2, 0.25) is 0 Å². The van der Waals surface area contributed by atoms with Crippen molar-refractivity contribution in [3.63, 3.8) is 0 Å². The Hall–Kier alpha value is -2.18. The molecule has 0 spiro atoms. The predicted molar refractivity (Wildman–Crippen MR) is 94.0 cm³/mol. The zero-order valence-corrected chi connectivity index (χ0v) is 15.9. The van der Waals surface area contributed by atoms with Gasteiger partial charge < -0.3 is 14.4 Å². The summed E-state index contributed by atoms with van der Waals surface area (Å²) in [5.74, 6) is -0.749. The number of amides is 1. The van der Waals surface area contributed by atoms with Crippen LogP contribution in [-0.2, 0) is 20.7 Å². The molecule has 0 bridgehead atoms. The van der Waals surface area contributed by atoms with Crippen LogP contribution in [0.4, 0.5) is 9.18 Å².